The summed E-state index contributed by atoms with van der Waals surface area (Å²) in [5, 5.41) is 17.8. The van der Waals surface area contributed by atoms with Gasteiger partial charge in [0.1, 0.15) is 0 Å². The van der Waals surface area contributed by atoms with Crippen molar-refractivity contribution in [3.8, 4) is 0 Å². The molecule has 134 valence electrons. The molecule has 0 saturated carbocycles. The minimum atomic E-state index is -4.04. The molecule has 9 nitrogen and oxygen atoms in total. The number of primary sulfonamides is 1. The molecule has 2 N–H and O–H groups in total. The summed E-state index contributed by atoms with van der Waals surface area (Å²) in [4.78, 5) is 26.0. The number of esters is 1. The molecule has 2 aromatic rings. The molecule has 0 radical (unpaired) electrons. The normalized spacial score (nSPS) is 11.3. The van der Waals surface area contributed by atoms with E-state index in [2.05, 4.69) is 4.98 Å². The summed E-state index contributed by atoms with van der Waals surface area (Å²) in [6, 6.07) is 3.40. The van der Waals surface area contributed by atoms with Gasteiger partial charge in [0.05, 0.1) is 33.4 Å². The molecule has 0 saturated heterocycles. The Labute approximate surface area is 151 Å². The monoisotopic (exact) mass is 403 g/mol. The van der Waals surface area contributed by atoms with Crippen molar-refractivity contribution in [1.82, 2.24) is 4.98 Å². The van der Waals surface area contributed by atoms with Gasteiger partial charge in [-0.05, 0) is 19.1 Å². The second-order valence-electron chi connectivity index (χ2n) is 4.62. The van der Waals surface area contributed by atoms with E-state index in [9.17, 15) is 23.3 Å². The Kier molecular flexibility index (Phi) is 6.11. The van der Waals surface area contributed by atoms with Gasteiger partial charge in [-0.2, -0.15) is 0 Å². The number of nitrogens with zero attached hydrogens (tertiary/aromatic N) is 2. The van der Waals surface area contributed by atoms with Gasteiger partial charge in [0.2, 0.25) is 10.0 Å². The zero-order valence-corrected chi connectivity index (χ0v) is 15.3. The summed E-state index contributed by atoms with van der Waals surface area (Å²) in [7, 11) is -4.04. The zero-order chi connectivity index (χ0) is 18.6. The molecule has 12 heteroatoms. The average molecular weight is 403 g/mol. The number of aromatic nitrogens is 1. The largest absolute Gasteiger partial charge is 0.466 e. The molecule has 0 aliphatic rings. The summed E-state index contributed by atoms with van der Waals surface area (Å²) in [5.41, 5.74) is 0.105. The molecule has 1 aromatic carbocycles. The van der Waals surface area contributed by atoms with Crippen molar-refractivity contribution in [2.45, 2.75) is 27.5 Å². The van der Waals surface area contributed by atoms with Gasteiger partial charge in [-0.1, -0.05) is 11.8 Å². The van der Waals surface area contributed by atoms with Gasteiger partial charge in [-0.15, -0.1) is 11.3 Å². The van der Waals surface area contributed by atoms with Gasteiger partial charge in [-0.3, -0.25) is 14.9 Å². The topological polar surface area (TPSA) is 142 Å². The standard InChI is InChI=1S/C13H13N3O6S3/c1-2-22-12(17)5-8-7-23-13(15-8)24-11-4-3-9(25(14,20)21)6-10(11)16(18)19/h3-4,6-7H,2,5H2,1H3,(H2,14,20,21). The number of nitro groups is 1. The number of sulfonamides is 1. The molecule has 2 rings (SSSR count). The zero-order valence-electron chi connectivity index (χ0n) is 12.9. The van der Waals surface area contributed by atoms with E-state index >= 15 is 0 Å². The van der Waals surface area contributed by atoms with E-state index in [4.69, 9.17) is 9.88 Å². The predicted molar refractivity (Wildman–Crippen MR) is 91.0 cm³/mol. The first-order valence-electron chi connectivity index (χ1n) is 6.80. The van der Waals surface area contributed by atoms with Crippen LogP contribution < -0.4 is 5.14 Å². The van der Waals surface area contributed by atoms with E-state index in [1.165, 1.54) is 23.5 Å². The summed E-state index contributed by atoms with van der Waals surface area (Å²) in [5.74, 6) is -0.409. The number of nitro benzene ring substituents is 1. The molecule has 0 amide bonds. The van der Waals surface area contributed by atoms with Crippen LogP contribution in [0.1, 0.15) is 12.6 Å². The molecule has 0 aliphatic heterocycles. The SMILES string of the molecule is CCOC(=O)Cc1csc(Sc2ccc(S(N)(=O)=O)cc2[N+](=O)[O-])n1. The van der Waals surface area contributed by atoms with Crippen LogP contribution in [0.25, 0.3) is 0 Å². The minimum absolute atomic E-state index is 0.0113. The number of hydrogen-bond acceptors (Lipinski definition) is 9. The third-order valence-corrected chi connectivity index (χ3v) is 5.78. The summed E-state index contributed by atoms with van der Waals surface area (Å²) in [6.07, 6.45) is 0.0113. The van der Waals surface area contributed by atoms with E-state index in [-0.39, 0.29) is 22.8 Å². The maximum absolute atomic E-state index is 11.4. The molecule has 1 aromatic heterocycles. The molecule has 0 unspecified atom stereocenters. The van der Waals surface area contributed by atoms with E-state index < -0.39 is 26.6 Å². The van der Waals surface area contributed by atoms with Crippen molar-refractivity contribution < 1.29 is 22.9 Å². The highest BCUT2D eigenvalue weighted by molar-refractivity contribution is 8.01. The quantitative estimate of drug-likeness (QED) is 0.420. The lowest BCUT2D eigenvalue weighted by atomic mass is 10.3. The van der Waals surface area contributed by atoms with Crippen LogP contribution in [0.15, 0.2) is 37.7 Å². The predicted octanol–water partition coefficient (Wildman–Crippen LogP) is 1.96. The molecule has 25 heavy (non-hydrogen) atoms. The summed E-state index contributed by atoms with van der Waals surface area (Å²) >= 11 is 2.21. The molecule has 0 bridgehead atoms. The van der Waals surface area contributed by atoms with Crippen LogP contribution in [0.4, 0.5) is 5.69 Å². The van der Waals surface area contributed by atoms with Crippen molar-refractivity contribution in [2.24, 2.45) is 5.14 Å². The maximum Gasteiger partial charge on any atom is 0.311 e. The van der Waals surface area contributed by atoms with Crippen LogP contribution in [-0.2, 0) is 26.0 Å². The Balaban J connectivity index is 2.24. The molecule has 0 aliphatic carbocycles. The lowest BCUT2D eigenvalue weighted by molar-refractivity contribution is -0.388. The Bertz CT molecular complexity index is 909. The van der Waals surface area contributed by atoms with E-state index in [1.807, 2.05) is 0 Å². The Morgan fingerprint density at radius 2 is 2.20 bits per heavy atom. The fraction of sp³-hybridized carbons (Fsp3) is 0.231. The lowest BCUT2D eigenvalue weighted by Crippen LogP contribution is -2.12. The molecule has 1 heterocycles. The van der Waals surface area contributed by atoms with Gasteiger partial charge >= 0.3 is 5.97 Å². The minimum Gasteiger partial charge on any atom is -0.466 e. The first-order chi connectivity index (χ1) is 11.7. The van der Waals surface area contributed by atoms with Crippen LogP contribution in [0.2, 0.25) is 0 Å². The number of benzene rings is 1. The number of thiazole rings is 1. The lowest BCUT2D eigenvalue weighted by Gasteiger charge is -2.03. The van der Waals surface area contributed by atoms with Crippen LogP contribution in [0.3, 0.4) is 0 Å². The average Bonchev–Trinajstić information content (AvgIpc) is 2.93. The van der Waals surface area contributed by atoms with Gasteiger partial charge in [-0.25, -0.2) is 18.5 Å². The van der Waals surface area contributed by atoms with Crippen LogP contribution >= 0.6 is 23.1 Å². The molecule has 0 atom stereocenters. The third-order valence-electron chi connectivity index (χ3n) is 2.81. The highest BCUT2D eigenvalue weighted by Gasteiger charge is 2.21. The Morgan fingerprint density at radius 3 is 2.80 bits per heavy atom. The fourth-order valence-corrected chi connectivity index (χ4v) is 4.18. The van der Waals surface area contributed by atoms with Gasteiger partial charge < -0.3 is 4.74 Å². The number of carbonyl (C=O) groups excluding carboxylic acids is 1. The Hall–Kier alpha value is -2.02. The molecule has 0 fully saturated rings. The molecular formula is C13H13N3O6S3. The summed E-state index contributed by atoms with van der Waals surface area (Å²) in [6.45, 7) is 1.97. The van der Waals surface area contributed by atoms with Gasteiger partial charge in [0.15, 0.2) is 4.34 Å². The maximum atomic E-state index is 11.4. The van der Waals surface area contributed by atoms with Crippen molar-refractivity contribution in [3.63, 3.8) is 0 Å². The number of rotatable bonds is 7. The van der Waals surface area contributed by atoms with Gasteiger partial charge in [0, 0.05) is 11.4 Å². The first-order valence-corrected chi connectivity index (χ1v) is 10.0. The third kappa shape index (κ3) is 5.22. The van der Waals surface area contributed by atoms with Crippen molar-refractivity contribution >= 4 is 44.8 Å². The van der Waals surface area contributed by atoms with Crippen molar-refractivity contribution in [3.05, 3.63) is 39.4 Å². The second-order valence-corrected chi connectivity index (χ2v) is 8.33. The number of hydrogen-bond donors (Lipinski definition) is 1. The van der Waals surface area contributed by atoms with Crippen LogP contribution in [0.5, 0.6) is 0 Å². The molecule has 0 spiro atoms. The second kappa shape index (κ2) is 7.91. The number of nitrogens with two attached hydrogens (primary N) is 1. The molecular weight excluding hydrogens is 390 g/mol. The Morgan fingerprint density at radius 1 is 1.48 bits per heavy atom. The van der Waals surface area contributed by atoms with Crippen LogP contribution in [0, 0.1) is 10.1 Å². The smallest absolute Gasteiger partial charge is 0.311 e. The highest BCUT2D eigenvalue weighted by Crippen LogP contribution is 2.37. The number of ether oxygens (including phenoxy) is 1. The fourth-order valence-electron chi connectivity index (χ4n) is 1.77. The van der Waals surface area contributed by atoms with Crippen molar-refractivity contribution in [1.29, 1.82) is 0 Å². The summed E-state index contributed by atoms with van der Waals surface area (Å²) < 4.78 is 28.0. The number of carbonyl (C=O) groups is 1. The van der Waals surface area contributed by atoms with Crippen molar-refractivity contribution in [2.75, 3.05) is 6.61 Å². The van der Waals surface area contributed by atoms with E-state index in [0.717, 1.165) is 17.8 Å². The van der Waals surface area contributed by atoms with Gasteiger partial charge in [0.25, 0.3) is 5.69 Å². The first kappa shape index (κ1) is 19.3. The van der Waals surface area contributed by atoms with E-state index in [1.54, 1.807) is 12.3 Å². The van der Waals surface area contributed by atoms with Crippen LogP contribution in [-0.4, -0.2) is 30.9 Å². The highest BCUT2D eigenvalue weighted by atomic mass is 32.2. The van der Waals surface area contributed by atoms with E-state index in [0.29, 0.717) is 10.0 Å².